The van der Waals surface area contributed by atoms with E-state index in [1.807, 2.05) is 0 Å². The molecule has 0 bridgehead atoms. The fourth-order valence-electron chi connectivity index (χ4n) is 2.08. The first-order valence-electron chi connectivity index (χ1n) is 7.30. The Morgan fingerprint density at radius 1 is 1.12 bits per heavy atom. The Balaban J connectivity index is 1.84. The molecule has 0 aliphatic rings. The van der Waals surface area contributed by atoms with Gasteiger partial charge in [0.2, 0.25) is 11.8 Å². The van der Waals surface area contributed by atoms with Gasteiger partial charge >= 0.3 is 0 Å². The molecule has 0 saturated heterocycles. The van der Waals surface area contributed by atoms with E-state index < -0.39 is 24.0 Å². The molecule has 0 aliphatic heterocycles. The van der Waals surface area contributed by atoms with E-state index in [2.05, 4.69) is 10.3 Å². The van der Waals surface area contributed by atoms with Crippen molar-refractivity contribution in [2.75, 3.05) is 13.6 Å². The summed E-state index contributed by atoms with van der Waals surface area (Å²) in [4.78, 5) is 29.1. The van der Waals surface area contributed by atoms with Crippen LogP contribution in [0.15, 0.2) is 42.7 Å². The van der Waals surface area contributed by atoms with Crippen molar-refractivity contribution in [1.82, 2.24) is 15.2 Å². The minimum absolute atomic E-state index is 0.240. The third-order valence-electron chi connectivity index (χ3n) is 3.43. The van der Waals surface area contributed by atoms with Crippen LogP contribution in [0.5, 0.6) is 0 Å². The minimum Gasteiger partial charge on any atom is -0.347 e. The molecule has 0 spiro atoms. The topological polar surface area (TPSA) is 62.3 Å². The van der Waals surface area contributed by atoms with Crippen LogP contribution in [0.4, 0.5) is 8.78 Å². The van der Waals surface area contributed by atoms with Gasteiger partial charge < -0.3 is 10.2 Å². The quantitative estimate of drug-likeness (QED) is 0.875. The summed E-state index contributed by atoms with van der Waals surface area (Å²) in [7, 11) is 1.60. The molecule has 0 radical (unpaired) electrons. The third kappa shape index (κ3) is 4.84. The number of nitrogens with zero attached hydrogens (tertiary/aromatic N) is 2. The lowest BCUT2D eigenvalue weighted by molar-refractivity contribution is -0.132. The largest absolute Gasteiger partial charge is 0.347 e. The number of halogens is 2. The second-order valence-corrected chi connectivity index (χ2v) is 5.26. The summed E-state index contributed by atoms with van der Waals surface area (Å²) in [6, 6.07) is 6.95. The number of aromatic nitrogens is 1. The molecule has 0 atom stereocenters. The molecule has 1 aromatic heterocycles. The van der Waals surface area contributed by atoms with E-state index in [9.17, 15) is 18.4 Å². The summed E-state index contributed by atoms with van der Waals surface area (Å²) >= 11 is 0. The summed E-state index contributed by atoms with van der Waals surface area (Å²) in [6.45, 7) is 0.135. The normalized spacial score (nSPS) is 10.3. The second kappa shape index (κ2) is 8.14. The van der Waals surface area contributed by atoms with E-state index in [1.165, 1.54) is 11.0 Å². The zero-order valence-corrected chi connectivity index (χ0v) is 13.1. The lowest BCUT2D eigenvalue weighted by atomic mass is 10.1. The smallest absolute Gasteiger partial charge is 0.242 e. The molecule has 24 heavy (non-hydrogen) atoms. The highest BCUT2D eigenvalue weighted by Gasteiger charge is 2.15. The maximum Gasteiger partial charge on any atom is 0.242 e. The van der Waals surface area contributed by atoms with Crippen molar-refractivity contribution >= 4 is 11.8 Å². The van der Waals surface area contributed by atoms with Gasteiger partial charge in [-0.25, -0.2) is 8.78 Å². The lowest BCUT2D eigenvalue weighted by Gasteiger charge is -2.17. The van der Waals surface area contributed by atoms with Gasteiger partial charge in [0.1, 0.15) is 11.6 Å². The average Bonchev–Trinajstić information content (AvgIpc) is 2.57. The fourth-order valence-corrected chi connectivity index (χ4v) is 2.08. The Hall–Kier alpha value is -2.83. The molecule has 1 N–H and O–H groups in total. The summed E-state index contributed by atoms with van der Waals surface area (Å²) in [5.41, 5.74) is 0.591. The van der Waals surface area contributed by atoms with Crippen LogP contribution in [0, 0.1) is 11.6 Å². The Morgan fingerprint density at radius 2 is 1.75 bits per heavy atom. The van der Waals surface area contributed by atoms with Crippen molar-refractivity contribution in [3.63, 3.8) is 0 Å². The first-order chi connectivity index (χ1) is 11.5. The number of benzene rings is 1. The maximum absolute atomic E-state index is 13.5. The number of rotatable bonds is 6. The van der Waals surface area contributed by atoms with Gasteiger partial charge in [0.15, 0.2) is 0 Å². The number of amides is 2. The van der Waals surface area contributed by atoms with E-state index in [-0.39, 0.29) is 18.0 Å². The molecule has 0 fully saturated rings. The first kappa shape index (κ1) is 17.5. The van der Waals surface area contributed by atoms with Crippen molar-refractivity contribution in [3.8, 4) is 0 Å². The van der Waals surface area contributed by atoms with Crippen LogP contribution in [0.3, 0.4) is 0 Å². The molecular weight excluding hydrogens is 316 g/mol. The van der Waals surface area contributed by atoms with Crippen LogP contribution >= 0.6 is 0 Å². The van der Waals surface area contributed by atoms with Crippen LogP contribution in [0.25, 0.3) is 0 Å². The second-order valence-electron chi connectivity index (χ2n) is 5.26. The SMILES string of the molecule is CN(Cc1ccncc1)C(=O)CNC(=O)Cc1c(F)cccc1F. The summed E-state index contributed by atoms with van der Waals surface area (Å²) in [5.74, 6) is -2.50. The molecule has 5 nitrogen and oxygen atoms in total. The Morgan fingerprint density at radius 3 is 2.38 bits per heavy atom. The molecule has 1 aromatic carbocycles. The molecule has 2 rings (SSSR count). The third-order valence-corrected chi connectivity index (χ3v) is 3.43. The number of likely N-dealkylation sites (N-methyl/N-ethyl adjacent to an activating group) is 1. The van der Waals surface area contributed by atoms with E-state index >= 15 is 0 Å². The summed E-state index contributed by atoms with van der Waals surface area (Å²) in [5, 5.41) is 2.38. The molecule has 126 valence electrons. The van der Waals surface area contributed by atoms with Crippen molar-refractivity contribution in [2.24, 2.45) is 0 Å². The minimum atomic E-state index is -0.786. The molecule has 0 aliphatic carbocycles. The number of hydrogen-bond acceptors (Lipinski definition) is 3. The van der Waals surface area contributed by atoms with Crippen LogP contribution in [0.1, 0.15) is 11.1 Å². The van der Waals surface area contributed by atoms with Gasteiger partial charge in [-0.1, -0.05) is 6.07 Å². The number of pyridine rings is 1. The highest BCUT2D eigenvalue weighted by atomic mass is 19.1. The number of nitrogens with one attached hydrogen (secondary N) is 1. The Labute approximate surface area is 138 Å². The van der Waals surface area contributed by atoms with Gasteiger partial charge in [-0.15, -0.1) is 0 Å². The number of hydrogen-bond donors (Lipinski definition) is 1. The molecule has 2 amide bonds. The van der Waals surface area contributed by atoms with Crippen LogP contribution in [0.2, 0.25) is 0 Å². The van der Waals surface area contributed by atoms with Gasteiger partial charge in [-0.3, -0.25) is 14.6 Å². The van der Waals surface area contributed by atoms with E-state index in [0.717, 1.165) is 17.7 Å². The van der Waals surface area contributed by atoms with Gasteiger partial charge in [-0.05, 0) is 29.8 Å². The number of carbonyl (C=O) groups is 2. The molecule has 7 heteroatoms. The van der Waals surface area contributed by atoms with Crippen molar-refractivity contribution in [2.45, 2.75) is 13.0 Å². The highest BCUT2D eigenvalue weighted by Crippen LogP contribution is 2.12. The predicted octanol–water partition coefficient (Wildman–Crippen LogP) is 1.68. The van der Waals surface area contributed by atoms with Gasteiger partial charge in [-0.2, -0.15) is 0 Å². The van der Waals surface area contributed by atoms with E-state index in [1.54, 1.807) is 31.6 Å². The number of carbonyl (C=O) groups excluding carboxylic acids is 2. The summed E-state index contributed by atoms with van der Waals surface area (Å²) in [6.07, 6.45) is 2.79. The lowest BCUT2D eigenvalue weighted by Crippen LogP contribution is -2.38. The van der Waals surface area contributed by atoms with Gasteiger partial charge in [0.05, 0.1) is 13.0 Å². The Bertz CT molecular complexity index is 703. The predicted molar refractivity (Wildman–Crippen MR) is 83.8 cm³/mol. The van der Waals surface area contributed by atoms with E-state index in [0.29, 0.717) is 6.54 Å². The van der Waals surface area contributed by atoms with E-state index in [4.69, 9.17) is 0 Å². The molecular formula is C17H17F2N3O2. The standard InChI is InChI=1S/C17H17F2N3O2/c1-22(11-12-5-7-20-8-6-12)17(24)10-21-16(23)9-13-14(18)3-2-4-15(13)19/h2-8H,9-11H2,1H3,(H,21,23). The van der Waals surface area contributed by atoms with Crippen molar-refractivity contribution in [1.29, 1.82) is 0 Å². The van der Waals surface area contributed by atoms with Crippen molar-refractivity contribution in [3.05, 3.63) is 65.5 Å². The van der Waals surface area contributed by atoms with Gasteiger partial charge in [0, 0.05) is 31.5 Å². The van der Waals surface area contributed by atoms with Crippen LogP contribution < -0.4 is 5.32 Å². The molecule has 0 saturated carbocycles. The molecule has 0 unspecified atom stereocenters. The molecule has 2 aromatic rings. The summed E-state index contributed by atoms with van der Waals surface area (Å²) < 4.78 is 27.0. The first-order valence-corrected chi connectivity index (χ1v) is 7.30. The van der Waals surface area contributed by atoms with Crippen molar-refractivity contribution < 1.29 is 18.4 Å². The average molecular weight is 333 g/mol. The maximum atomic E-state index is 13.5. The Kier molecular flexibility index (Phi) is 5.95. The highest BCUT2D eigenvalue weighted by molar-refractivity contribution is 5.85. The zero-order valence-electron chi connectivity index (χ0n) is 13.1. The zero-order chi connectivity index (χ0) is 17.5. The monoisotopic (exact) mass is 333 g/mol. The van der Waals surface area contributed by atoms with Gasteiger partial charge in [0.25, 0.3) is 0 Å². The molecule has 1 heterocycles. The fraction of sp³-hybridized carbons (Fsp3) is 0.235. The van der Waals surface area contributed by atoms with Crippen LogP contribution in [-0.4, -0.2) is 35.3 Å². The van der Waals surface area contributed by atoms with Crippen LogP contribution in [-0.2, 0) is 22.6 Å².